The van der Waals surface area contributed by atoms with E-state index in [-0.39, 0.29) is 12.0 Å². The van der Waals surface area contributed by atoms with Gasteiger partial charge >= 0.3 is 17.9 Å². The van der Waals surface area contributed by atoms with Crippen LogP contribution in [0.15, 0.2) is 29.2 Å². The molecule has 25 heavy (non-hydrogen) atoms. The van der Waals surface area contributed by atoms with Crippen molar-refractivity contribution in [2.24, 2.45) is 5.92 Å². The molecule has 3 amide bonds. The van der Waals surface area contributed by atoms with E-state index in [1.165, 1.54) is 18.9 Å². The van der Waals surface area contributed by atoms with E-state index in [1.54, 1.807) is 11.0 Å². The van der Waals surface area contributed by atoms with Crippen LogP contribution in [0.1, 0.15) is 12.8 Å². The highest BCUT2D eigenvalue weighted by atomic mass is 32.2. The van der Waals surface area contributed by atoms with Crippen LogP contribution in [0.25, 0.3) is 0 Å². The lowest BCUT2D eigenvalue weighted by molar-refractivity contribution is -0.136. The Morgan fingerprint density at radius 2 is 1.88 bits per heavy atom. The lowest BCUT2D eigenvalue weighted by Gasteiger charge is -2.30. The van der Waals surface area contributed by atoms with Crippen LogP contribution in [-0.2, 0) is 14.3 Å². The molecule has 0 bridgehead atoms. The number of carbonyl (C=O) groups is 3. The second kappa shape index (κ2) is 9.31. The molecule has 0 unspecified atom stereocenters. The maximum absolute atomic E-state index is 12.0. The second-order valence-electron chi connectivity index (χ2n) is 5.76. The fourth-order valence-electron chi connectivity index (χ4n) is 2.69. The van der Waals surface area contributed by atoms with Crippen molar-refractivity contribution in [3.8, 4) is 0 Å². The van der Waals surface area contributed by atoms with Crippen molar-refractivity contribution >= 4 is 35.4 Å². The van der Waals surface area contributed by atoms with Gasteiger partial charge in [0.25, 0.3) is 0 Å². The van der Waals surface area contributed by atoms with E-state index in [2.05, 4.69) is 10.6 Å². The number of piperidine rings is 1. The molecule has 1 heterocycles. The Kier molecular flexibility index (Phi) is 7.12. The minimum Gasteiger partial charge on any atom is -0.453 e. The van der Waals surface area contributed by atoms with Gasteiger partial charge in [-0.2, -0.15) is 0 Å². The van der Waals surface area contributed by atoms with Crippen LogP contribution in [0.3, 0.4) is 0 Å². The number of hydrogen-bond donors (Lipinski definition) is 2. The Balaban J connectivity index is 1.77. The Hall–Kier alpha value is -2.22. The van der Waals surface area contributed by atoms with E-state index < -0.39 is 11.8 Å². The highest BCUT2D eigenvalue weighted by Gasteiger charge is 2.24. The quantitative estimate of drug-likeness (QED) is 0.629. The average molecular weight is 365 g/mol. The first-order valence-corrected chi connectivity index (χ1v) is 9.32. The molecule has 0 radical (unpaired) electrons. The van der Waals surface area contributed by atoms with Gasteiger partial charge in [0.05, 0.1) is 12.8 Å². The van der Waals surface area contributed by atoms with E-state index in [0.717, 1.165) is 17.7 Å². The van der Waals surface area contributed by atoms with Crippen molar-refractivity contribution < 1.29 is 19.1 Å². The van der Waals surface area contributed by atoms with Gasteiger partial charge in [-0.05, 0) is 37.1 Å². The number of methoxy groups -OCH3 is 1. The topological polar surface area (TPSA) is 87.7 Å². The highest BCUT2D eigenvalue weighted by Crippen LogP contribution is 2.24. The Labute approximate surface area is 151 Å². The van der Waals surface area contributed by atoms with E-state index in [1.807, 2.05) is 24.5 Å². The fraction of sp³-hybridized carbons (Fsp3) is 0.471. The number of rotatable bonds is 4. The lowest BCUT2D eigenvalue weighted by Crippen LogP contribution is -2.43. The van der Waals surface area contributed by atoms with Crippen LogP contribution < -0.4 is 10.6 Å². The van der Waals surface area contributed by atoms with E-state index in [9.17, 15) is 14.4 Å². The summed E-state index contributed by atoms with van der Waals surface area (Å²) in [4.78, 5) is 38.0. The van der Waals surface area contributed by atoms with Crippen LogP contribution in [0.5, 0.6) is 0 Å². The zero-order valence-corrected chi connectivity index (χ0v) is 15.2. The smallest absolute Gasteiger partial charge is 0.409 e. The van der Waals surface area contributed by atoms with E-state index in [4.69, 9.17) is 4.74 Å². The Bertz CT molecular complexity index is 630. The molecule has 1 aromatic rings. The van der Waals surface area contributed by atoms with Crippen molar-refractivity contribution in [2.45, 2.75) is 17.7 Å². The maximum atomic E-state index is 12.0. The molecule has 2 N–H and O–H groups in total. The zero-order valence-electron chi connectivity index (χ0n) is 14.4. The number of likely N-dealkylation sites (tertiary alicyclic amines) is 1. The van der Waals surface area contributed by atoms with Crippen LogP contribution in [-0.4, -0.2) is 55.8 Å². The van der Waals surface area contributed by atoms with Crippen LogP contribution in [0.4, 0.5) is 10.5 Å². The summed E-state index contributed by atoms with van der Waals surface area (Å²) in [6.45, 7) is 1.62. The standard InChI is InChI=1S/C17H23N3O4S/c1-24-17(23)20-9-7-12(8-10-20)11-18-15(21)16(22)19-13-5-3-4-6-14(13)25-2/h3-6,12H,7-11H2,1-2H3,(H,18,21)(H,19,22). The summed E-state index contributed by atoms with van der Waals surface area (Å²) in [7, 11) is 1.36. The molecule has 0 aliphatic carbocycles. The van der Waals surface area contributed by atoms with Crippen molar-refractivity contribution in [3.63, 3.8) is 0 Å². The number of benzene rings is 1. The predicted octanol–water partition coefficient (Wildman–Crippen LogP) is 1.94. The number of hydrogen-bond acceptors (Lipinski definition) is 5. The van der Waals surface area contributed by atoms with E-state index >= 15 is 0 Å². The largest absolute Gasteiger partial charge is 0.453 e. The minimum atomic E-state index is -0.673. The van der Waals surface area contributed by atoms with Crippen LogP contribution in [0, 0.1) is 5.92 Å². The van der Waals surface area contributed by atoms with Gasteiger partial charge in [-0.1, -0.05) is 12.1 Å². The zero-order chi connectivity index (χ0) is 18.2. The monoisotopic (exact) mass is 365 g/mol. The molecule has 0 atom stereocenters. The van der Waals surface area contributed by atoms with Gasteiger partial charge in [0.2, 0.25) is 0 Å². The van der Waals surface area contributed by atoms with Crippen molar-refractivity contribution in [1.82, 2.24) is 10.2 Å². The predicted molar refractivity (Wildman–Crippen MR) is 96.6 cm³/mol. The Morgan fingerprint density at radius 3 is 2.52 bits per heavy atom. The van der Waals surface area contributed by atoms with Crippen molar-refractivity contribution in [2.75, 3.05) is 38.3 Å². The molecule has 0 aromatic heterocycles. The van der Waals surface area contributed by atoms with Gasteiger partial charge < -0.3 is 20.3 Å². The number of ether oxygens (including phenoxy) is 1. The first-order valence-electron chi connectivity index (χ1n) is 8.10. The molecule has 1 aliphatic heterocycles. The van der Waals surface area contributed by atoms with Gasteiger partial charge in [-0.25, -0.2) is 4.79 Å². The number of nitrogens with one attached hydrogen (secondary N) is 2. The molecule has 1 aromatic carbocycles. The first kappa shape index (κ1) is 19.1. The third kappa shape index (κ3) is 5.38. The molecule has 7 nitrogen and oxygen atoms in total. The molecule has 136 valence electrons. The molecular weight excluding hydrogens is 342 g/mol. The summed E-state index contributed by atoms with van der Waals surface area (Å²) >= 11 is 1.50. The second-order valence-corrected chi connectivity index (χ2v) is 6.61. The van der Waals surface area contributed by atoms with Gasteiger partial charge in [-0.3, -0.25) is 9.59 Å². The number of nitrogens with zero attached hydrogens (tertiary/aromatic N) is 1. The van der Waals surface area contributed by atoms with Gasteiger partial charge in [-0.15, -0.1) is 11.8 Å². The number of carbonyl (C=O) groups excluding carboxylic acids is 3. The molecule has 1 fully saturated rings. The summed E-state index contributed by atoms with van der Waals surface area (Å²) in [5.41, 5.74) is 0.626. The Morgan fingerprint density at radius 1 is 1.20 bits per heavy atom. The van der Waals surface area contributed by atoms with Gasteiger partial charge in [0, 0.05) is 24.5 Å². The molecule has 2 rings (SSSR count). The molecule has 1 aliphatic rings. The third-order valence-corrected chi connectivity index (χ3v) is 4.96. The molecule has 0 saturated carbocycles. The molecule has 1 saturated heterocycles. The summed E-state index contributed by atoms with van der Waals surface area (Å²) < 4.78 is 4.69. The number of thioether (sulfide) groups is 1. The van der Waals surface area contributed by atoms with Crippen LogP contribution in [0.2, 0.25) is 0 Å². The average Bonchev–Trinajstić information content (AvgIpc) is 2.66. The summed E-state index contributed by atoms with van der Waals surface area (Å²) in [6.07, 6.45) is 3.12. The SMILES string of the molecule is COC(=O)N1CCC(CNC(=O)C(=O)Nc2ccccc2SC)CC1. The lowest BCUT2D eigenvalue weighted by atomic mass is 9.97. The number of amides is 3. The minimum absolute atomic E-state index is 0.246. The molecule has 8 heteroatoms. The highest BCUT2D eigenvalue weighted by molar-refractivity contribution is 7.98. The van der Waals surface area contributed by atoms with Crippen LogP contribution >= 0.6 is 11.8 Å². The van der Waals surface area contributed by atoms with Crippen molar-refractivity contribution in [3.05, 3.63) is 24.3 Å². The third-order valence-electron chi connectivity index (χ3n) is 4.16. The normalized spacial score (nSPS) is 14.7. The summed E-state index contributed by atoms with van der Waals surface area (Å²) in [5, 5.41) is 5.31. The van der Waals surface area contributed by atoms with Crippen molar-refractivity contribution in [1.29, 1.82) is 0 Å². The van der Waals surface area contributed by atoms with Gasteiger partial charge in [0.1, 0.15) is 0 Å². The van der Waals surface area contributed by atoms with E-state index in [0.29, 0.717) is 25.3 Å². The van der Waals surface area contributed by atoms with Gasteiger partial charge in [0.15, 0.2) is 0 Å². The first-order chi connectivity index (χ1) is 12.0. The number of anilines is 1. The summed E-state index contributed by atoms with van der Waals surface area (Å²) in [5.74, 6) is -1.07. The number of para-hydroxylation sites is 1. The molecular formula is C17H23N3O4S. The fourth-order valence-corrected chi connectivity index (χ4v) is 3.25. The summed E-state index contributed by atoms with van der Waals surface area (Å²) in [6, 6.07) is 7.33. The maximum Gasteiger partial charge on any atom is 0.409 e. The molecule has 0 spiro atoms.